The van der Waals surface area contributed by atoms with Crippen LogP contribution in [0.25, 0.3) is 0 Å². The van der Waals surface area contributed by atoms with E-state index in [4.69, 9.17) is 11.2 Å². The van der Waals surface area contributed by atoms with E-state index in [1.165, 1.54) is 54.6 Å². The fraction of sp³-hybridized carbons (Fsp3) is 0.147. The van der Waals surface area contributed by atoms with Crippen molar-refractivity contribution in [2.45, 2.75) is 9.79 Å². The molecule has 0 saturated heterocycles. The summed E-state index contributed by atoms with van der Waals surface area (Å²) < 4.78 is 18.6. The lowest BCUT2D eigenvalue weighted by Crippen LogP contribution is -2.37. The number of esters is 1. The van der Waals surface area contributed by atoms with Crippen molar-refractivity contribution in [2.24, 2.45) is 0 Å². The number of carbonyl (C=O) groups is 3. The summed E-state index contributed by atoms with van der Waals surface area (Å²) in [6.45, 7) is 1.11. The van der Waals surface area contributed by atoms with Crippen LogP contribution in [-0.2, 0) is 4.74 Å². The van der Waals surface area contributed by atoms with E-state index < -0.39 is 22.6 Å². The molecule has 0 aromatic heterocycles. The highest BCUT2D eigenvalue weighted by molar-refractivity contribution is 7.99. The Bertz CT molecular complexity index is 1710. The Morgan fingerprint density at radius 1 is 0.889 bits per heavy atom. The summed E-state index contributed by atoms with van der Waals surface area (Å²) in [4.78, 5) is 51.7. The first-order valence-electron chi connectivity index (χ1n) is 13.8. The monoisotopic (exact) mass is 625 g/mol. The van der Waals surface area contributed by atoms with E-state index in [-0.39, 0.29) is 36.7 Å². The molecule has 228 valence electrons. The van der Waals surface area contributed by atoms with Crippen molar-refractivity contribution < 1.29 is 28.4 Å². The van der Waals surface area contributed by atoms with E-state index in [1.54, 1.807) is 41.3 Å². The van der Waals surface area contributed by atoms with Crippen LogP contribution in [0.4, 0.5) is 10.1 Å². The number of hydrogen-bond acceptors (Lipinski definition) is 8. The maximum atomic E-state index is 13.2. The van der Waals surface area contributed by atoms with Gasteiger partial charge in [0.05, 0.1) is 21.9 Å². The van der Waals surface area contributed by atoms with Gasteiger partial charge in [0.1, 0.15) is 12.4 Å². The quantitative estimate of drug-likeness (QED) is 0.0629. The van der Waals surface area contributed by atoms with E-state index in [0.717, 1.165) is 11.8 Å². The molecule has 45 heavy (non-hydrogen) atoms. The SMILES string of the molecule is C#CCN(CCNC(=O)c1ccc(Sc2ccc(F)cc2)c([N+](=O)[O-])c1)CCOC(=O)c1ccc(C(=O)c2ccccc2)cc1. The number of halogens is 1. The molecule has 11 heteroatoms. The van der Waals surface area contributed by atoms with Gasteiger partial charge in [0.25, 0.3) is 11.6 Å². The van der Waals surface area contributed by atoms with Crippen LogP contribution in [0.5, 0.6) is 0 Å². The van der Waals surface area contributed by atoms with Crippen molar-refractivity contribution in [3.63, 3.8) is 0 Å². The van der Waals surface area contributed by atoms with Crippen LogP contribution in [-0.4, -0.2) is 60.3 Å². The topological polar surface area (TPSA) is 119 Å². The van der Waals surface area contributed by atoms with Crippen LogP contribution < -0.4 is 5.32 Å². The van der Waals surface area contributed by atoms with Crippen LogP contribution in [0.15, 0.2) is 107 Å². The maximum Gasteiger partial charge on any atom is 0.338 e. The van der Waals surface area contributed by atoms with E-state index in [1.807, 2.05) is 6.07 Å². The van der Waals surface area contributed by atoms with E-state index in [0.29, 0.717) is 39.6 Å². The minimum atomic E-state index is -0.572. The third-order valence-electron chi connectivity index (χ3n) is 6.55. The lowest BCUT2D eigenvalue weighted by Gasteiger charge is -2.20. The Morgan fingerprint density at radius 3 is 2.20 bits per heavy atom. The number of hydrogen-bond donors (Lipinski definition) is 1. The Morgan fingerprint density at radius 2 is 1.53 bits per heavy atom. The molecule has 0 fully saturated rings. The predicted octanol–water partition coefficient (Wildman–Crippen LogP) is 5.64. The zero-order valence-corrected chi connectivity index (χ0v) is 24.8. The summed E-state index contributed by atoms with van der Waals surface area (Å²) in [5.74, 6) is 0.913. The Balaban J connectivity index is 1.25. The van der Waals surface area contributed by atoms with Gasteiger partial charge in [0.2, 0.25) is 0 Å². The van der Waals surface area contributed by atoms with Crippen LogP contribution in [0.1, 0.15) is 36.6 Å². The highest BCUT2D eigenvalue weighted by Crippen LogP contribution is 2.35. The van der Waals surface area contributed by atoms with Crippen molar-refractivity contribution in [3.8, 4) is 12.3 Å². The van der Waals surface area contributed by atoms with Crippen LogP contribution >= 0.6 is 11.8 Å². The van der Waals surface area contributed by atoms with Gasteiger partial charge in [-0.2, -0.15) is 0 Å². The molecule has 1 amide bonds. The molecular formula is C34H28FN3O6S. The van der Waals surface area contributed by atoms with Gasteiger partial charge in [-0.15, -0.1) is 6.42 Å². The molecule has 0 heterocycles. The molecule has 0 atom stereocenters. The van der Waals surface area contributed by atoms with Crippen LogP contribution in [0.2, 0.25) is 0 Å². The van der Waals surface area contributed by atoms with Crippen LogP contribution in [0, 0.1) is 28.3 Å². The standard InChI is InChI=1S/C34H28FN3O6S/c1-2-19-37(21-22-44-34(41)26-10-8-25(9-11-26)32(39)24-6-4-3-5-7-24)20-18-36-33(40)27-12-17-31(30(23-27)38(42)43)45-29-15-13-28(35)14-16-29/h1,3-17,23H,18-22H2,(H,36,40). The van der Waals surface area contributed by atoms with E-state index >= 15 is 0 Å². The molecule has 9 nitrogen and oxygen atoms in total. The third-order valence-corrected chi connectivity index (χ3v) is 7.62. The summed E-state index contributed by atoms with van der Waals surface area (Å²) in [6, 6.07) is 24.8. The van der Waals surface area contributed by atoms with E-state index in [9.17, 15) is 28.9 Å². The minimum absolute atomic E-state index is 0.0402. The number of nitro groups is 1. The lowest BCUT2D eigenvalue weighted by molar-refractivity contribution is -0.387. The molecule has 0 bridgehead atoms. The first-order chi connectivity index (χ1) is 21.7. The second-order valence-corrected chi connectivity index (χ2v) is 10.8. The van der Waals surface area contributed by atoms with Gasteiger partial charge >= 0.3 is 5.97 Å². The fourth-order valence-electron chi connectivity index (χ4n) is 4.21. The zero-order valence-electron chi connectivity index (χ0n) is 24.0. The highest BCUT2D eigenvalue weighted by atomic mass is 32.2. The number of nitrogens with zero attached hydrogens (tertiary/aromatic N) is 2. The third kappa shape index (κ3) is 9.34. The van der Waals surface area contributed by atoms with Gasteiger partial charge in [0.15, 0.2) is 5.78 Å². The summed E-state index contributed by atoms with van der Waals surface area (Å²) in [5.41, 5.74) is 1.17. The first kappa shape index (κ1) is 32.6. The second kappa shape index (κ2) is 16.0. The first-order valence-corrected chi connectivity index (χ1v) is 14.6. The molecule has 4 rings (SSSR count). The summed E-state index contributed by atoms with van der Waals surface area (Å²) in [5, 5.41) is 14.4. The molecule has 4 aromatic rings. The maximum absolute atomic E-state index is 13.2. The normalized spacial score (nSPS) is 10.6. The number of nitrogens with one attached hydrogen (secondary N) is 1. The van der Waals surface area contributed by atoms with Gasteiger partial charge in [-0.1, -0.05) is 60.1 Å². The number of terminal acetylenes is 1. The van der Waals surface area contributed by atoms with Gasteiger partial charge in [0, 0.05) is 47.3 Å². The average molecular weight is 626 g/mol. The number of benzene rings is 4. The van der Waals surface area contributed by atoms with Crippen molar-refractivity contribution in [2.75, 3.05) is 32.8 Å². The van der Waals surface area contributed by atoms with Gasteiger partial charge < -0.3 is 10.1 Å². The van der Waals surface area contributed by atoms with Crippen molar-refractivity contribution >= 4 is 35.1 Å². The Kier molecular flexibility index (Phi) is 11.6. The number of ketones is 1. The number of rotatable bonds is 14. The number of carbonyl (C=O) groups excluding carboxylic acids is 3. The number of ether oxygens (including phenoxy) is 1. The summed E-state index contributed by atoms with van der Waals surface area (Å²) >= 11 is 1.09. The number of amides is 1. The highest BCUT2D eigenvalue weighted by Gasteiger charge is 2.19. The molecule has 0 spiro atoms. The van der Waals surface area contributed by atoms with Gasteiger partial charge in [-0.05, 0) is 48.5 Å². The molecule has 0 radical (unpaired) electrons. The molecule has 0 aliphatic rings. The summed E-state index contributed by atoms with van der Waals surface area (Å²) in [6.07, 6.45) is 5.48. The molecule has 0 saturated carbocycles. The lowest BCUT2D eigenvalue weighted by atomic mass is 10.0. The van der Waals surface area contributed by atoms with Crippen LogP contribution in [0.3, 0.4) is 0 Å². The largest absolute Gasteiger partial charge is 0.461 e. The van der Waals surface area contributed by atoms with Gasteiger partial charge in [-0.3, -0.25) is 24.6 Å². The molecular weight excluding hydrogens is 597 g/mol. The predicted molar refractivity (Wildman–Crippen MR) is 168 cm³/mol. The fourth-order valence-corrected chi connectivity index (χ4v) is 5.11. The van der Waals surface area contributed by atoms with Crippen molar-refractivity contribution in [3.05, 3.63) is 135 Å². The summed E-state index contributed by atoms with van der Waals surface area (Å²) in [7, 11) is 0. The van der Waals surface area contributed by atoms with Gasteiger partial charge in [-0.25, -0.2) is 9.18 Å². The molecule has 0 unspecified atom stereocenters. The molecule has 4 aromatic carbocycles. The zero-order chi connectivity index (χ0) is 32.2. The van der Waals surface area contributed by atoms with Crippen molar-refractivity contribution in [1.29, 1.82) is 0 Å². The molecule has 1 N–H and O–H groups in total. The second-order valence-electron chi connectivity index (χ2n) is 9.64. The minimum Gasteiger partial charge on any atom is -0.461 e. The Hall–Kier alpha value is -5.31. The average Bonchev–Trinajstić information content (AvgIpc) is 3.06. The Labute approximate surface area is 263 Å². The molecule has 0 aliphatic carbocycles. The van der Waals surface area contributed by atoms with Crippen molar-refractivity contribution in [1.82, 2.24) is 10.2 Å². The number of nitro benzene ring substituents is 1. The van der Waals surface area contributed by atoms with E-state index in [2.05, 4.69) is 11.2 Å². The smallest absolute Gasteiger partial charge is 0.338 e. The molecule has 0 aliphatic heterocycles.